The molecule has 0 aliphatic carbocycles. The molecule has 0 fully saturated rings. The summed E-state index contributed by atoms with van der Waals surface area (Å²) in [4.78, 5) is 25.1. The molecular weight excluding hydrogens is 307 g/mol. The van der Waals surface area contributed by atoms with Crippen molar-refractivity contribution in [3.05, 3.63) is 81.9 Å². The minimum Gasteiger partial charge on any atom is -0.350 e. The molecule has 2 aromatic carbocycles. The third kappa shape index (κ3) is 2.93. The maximum atomic E-state index is 13.5. The first-order chi connectivity index (χ1) is 11.5. The Morgan fingerprint density at radius 1 is 1.17 bits per heavy atom. The summed E-state index contributed by atoms with van der Waals surface area (Å²) in [5.74, 6) is -0.979. The number of nitrogens with zero attached hydrogens (tertiary/aromatic N) is 1. The fourth-order valence-electron chi connectivity index (χ4n) is 2.73. The van der Waals surface area contributed by atoms with Crippen LogP contribution in [0.25, 0.3) is 10.9 Å². The molecule has 24 heavy (non-hydrogen) atoms. The van der Waals surface area contributed by atoms with Gasteiger partial charge in [0.2, 0.25) is 5.43 Å². The number of aromatic nitrogens is 1. The van der Waals surface area contributed by atoms with E-state index >= 15 is 0 Å². The maximum absolute atomic E-state index is 13.5. The zero-order chi connectivity index (χ0) is 17.3. The van der Waals surface area contributed by atoms with E-state index in [1.165, 1.54) is 18.3 Å². The van der Waals surface area contributed by atoms with Crippen LogP contribution in [0.2, 0.25) is 0 Å². The summed E-state index contributed by atoms with van der Waals surface area (Å²) < 4.78 is 15.1. The Labute approximate surface area is 138 Å². The molecule has 3 aromatic rings. The summed E-state index contributed by atoms with van der Waals surface area (Å²) in [5, 5.41) is 3.01. The van der Waals surface area contributed by atoms with Crippen molar-refractivity contribution < 1.29 is 9.18 Å². The van der Waals surface area contributed by atoms with Crippen LogP contribution >= 0.6 is 0 Å². The topological polar surface area (TPSA) is 51.1 Å². The molecule has 0 bridgehead atoms. The summed E-state index contributed by atoms with van der Waals surface area (Å²) in [5.41, 5.74) is 1.04. The molecule has 1 amide bonds. The molecule has 3 rings (SSSR count). The van der Waals surface area contributed by atoms with E-state index in [1.807, 2.05) is 37.3 Å². The van der Waals surface area contributed by atoms with Gasteiger partial charge in [-0.1, -0.05) is 30.3 Å². The van der Waals surface area contributed by atoms with Gasteiger partial charge in [0.1, 0.15) is 11.4 Å². The molecule has 4 nitrogen and oxygen atoms in total. The zero-order valence-electron chi connectivity index (χ0n) is 13.4. The Morgan fingerprint density at radius 3 is 2.58 bits per heavy atom. The van der Waals surface area contributed by atoms with Crippen LogP contribution in [0.3, 0.4) is 0 Å². The summed E-state index contributed by atoms with van der Waals surface area (Å²) in [6.45, 7) is 1.85. The van der Waals surface area contributed by atoms with Gasteiger partial charge in [-0.3, -0.25) is 9.59 Å². The van der Waals surface area contributed by atoms with Gasteiger partial charge in [-0.2, -0.15) is 0 Å². The van der Waals surface area contributed by atoms with E-state index < -0.39 is 17.2 Å². The van der Waals surface area contributed by atoms with Crippen molar-refractivity contribution in [2.24, 2.45) is 7.05 Å². The van der Waals surface area contributed by atoms with Crippen molar-refractivity contribution in [2.75, 3.05) is 0 Å². The van der Waals surface area contributed by atoms with Crippen LogP contribution in [-0.4, -0.2) is 10.5 Å². The number of aryl methyl sites for hydroxylation is 1. The highest BCUT2D eigenvalue weighted by Gasteiger charge is 2.17. The minimum absolute atomic E-state index is 0.00150. The van der Waals surface area contributed by atoms with Crippen molar-refractivity contribution in [1.29, 1.82) is 0 Å². The Hall–Kier alpha value is -2.95. The summed E-state index contributed by atoms with van der Waals surface area (Å²) in [6, 6.07) is 13.2. The second-order valence-electron chi connectivity index (χ2n) is 5.75. The molecule has 1 N–H and O–H groups in total. The van der Waals surface area contributed by atoms with Crippen LogP contribution in [0.15, 0.2) is 59.5 Å². The first-order valence-corrected chi connectivity index (χ1v) is 7.62. The highest BCUT2D eigenvalue weighted by atomic mass is 19.1. The smallest absolute Gasteiger partial charge is 0.257 e. The number of fused-ring (bicyclic) bond motifs is 1. The van der Waals surface area contributed by atoms with Gasteiger partial charge >= 0.3 is 0 Å². The average Bonchev–Trinajstić information content (AvgIpc) is 2.58. The van der Waals surface area contributed by atoms with Gasteiger partial charge in [-0.25, -0.2) is 4.39 Å². The van der Waals surface area contributed by atoms with E-state index in [-0.39, 0.29) is 17.0 Å². The van der Waals surface area contributed by atoms with Gasteiger partial charge in [0.25, 0.3) is 5.91 Å². The first-order valence-electron chi connectivity index (χ1n) is 7.62. The molecule has 1 aromatic heterocycles. The Morgan fingerprint density at radius 2 is 1.88 bits per heavy atom. The number of rotatable bonds is 3. The lowest BCUT2D eigenvalue weighted by atomic mass is 10.1. The summed E-state index contributed by atoms with van der Waals surface area (Å²) >= 11 is 0. The van der Waals surface area contributed by atoms with Gasteiger partial charge < -0.3 is 9.88 Å². The van der Waals surface area contributed by atoms with E-state index in [2.05, 4.69) is 5.32 Å². The van der Waals surface area contributed by atoms with Crippen LogP contribution < -0.4 is 10.7 Å². The molecule has 0 spiro atoms. The van der Waals surface area contributed by atoms with Gasteiger partial charge in [-0.15, -0.1) is 0 Å². The van der Waals surface area contributed by atoms with Crippen molar-refractivity contribution in [1.82, 2.24) is 9.88 Å². The molecule has 1 heterocycles. The van der Waals surface area contributed by atoms with Gasteiger partial charge in [0.15, 0.2) is 0 Å². The van der Waals surface area contributed by atoms with E-state index in [1.54, 1.807) is 11.6 Å². The highest BCUT2D eigenvalue weighted by Crippen LogP contribution is 2.15. The number of hydrogen-bond donors (Lipinski definition) is 1. The Kier molecular flexibility index (Phi) is 4.16. The lowest BCUT2D eigenvalue weighted by Gasteiger charge is -2.15. The first kappa shape index (κ1) is 15.9. The number of carbonyl (C=O) groups is 1. The molecule has 0 aliphatic rings. The molecule has 0 radical (unpaired) electrons. The molecule has 0 saturated heterocycles. The number of halogens is 1. The van der Waals surface area contributed by atoms with Gasteiger partial charge in [0.05, 0.1) is 11.6 Å². The average molecular weight is 324 g/mol. The predicted molar refractivity (Wildman–Crippen MR) is 91.5 cm³/mol. The quantitative estimate of drug-likeness (QED) is 0.804. The van der Waals surface area contributed by atoms with E-state index in [9.17, 15) is 14.0 Å². The van der Waals surface area contributed by atoms with Crippen molar-refractivity contribution >= 4 is 16.8 Å². The number of amides is 1. The molecule has 0 saturated carbocycles. The van der Waals surface area contributed by atoms with Crippen LogP contribution in [0.5, 0.6) is 0 Å². The standard InChI is InChI=1S/C19H17FN2O2/c1-12(13-6-4-3-5-7-13)21-19(24)16-11-22(2)17-9-8-14(20)10-15(17)18(16)23/h3-12H,1-2H3,(H,21,24)/t12-/m0/s1. The van der Waals surface area contributed by atoms with Gasteiger partial charge in [0, 0.05) is 18.6 Å². The third-order valence-corrected chi connectivity index (χ3v) is 4.04. The third-order valence-electron chi connectivity index (χ3n) is 4.04. The molecule has 122 valence electrons. The van der Waals surface area contributed by atoms with Crippen molar-refractivity contribution in [3.8, 4) is 0 Å². The van der Waals surface area contributed by atoms with Crippen LogP contribution in [0, 0.1) is 5.82 Å². The second kappa shape index (κ2) is 6.28. The van der Waals surface area contributed by atoms with Crippen molar-refractivity contribution in [2.45, 2.75) is 13.0 Å². The molecule has 0 unspecified atom stereocenters. The Bertz CT molecular complexity index is 964. The number of carbonyl (C=O) groups excluding carboxylic acids is 1. The van der Waals surface area contributed by atoms with Crippen LogP contribution in [0.1, 0.15) is 28.9 Å². The van der Waals surface area contributed by atoms with E-state index in [0.29, 0.717) is 5.52 Å². The number of hydrogen-bond acceptors (Lipinski definition) is 2. The lowest BCUT2D eigenvalue weighted by Crippen LogP contribution is -2.31. The predicted octanol–water partition coefficient (Wildman–Crippen LogP) is 3.17. The highest BCUT2D eigenvalue weighted by molar-refractivity contribution is 5.97. The minimum atomic E-state index is -0.505. The molecule has 5 heteroatoms. The second-order valence-corrected chi connectivity index (χ2v) is 5.75. The number of nitrogens with one attached hydrogen (secondary N) is 1. The zero-order valence-corrected chi connectivity index (χ0v) is 13.4. The number of pyridine rings is 1. The number of benzene rings is 2. The van der Waals surface area contributed by atoms with E-state index in [4.69, 9.17) is 0 Å². The fraction of sp³-hybridized carbons (Fsp3) is 0.158. The van der Waals surface area contributed by atoms with Crippen molar-refractivity contribution in [3.63, 3.8) is 0 Å². The monoisotopic (exact) mass is 324 g/mol. The van der Waals surface area contributed by atoms with Gasteiger partial charge in [-0.05, 0) is 30.7 Å². The SMILES string of the molecule is C[C@H](NC(=O)c1cn(C)c2ccc(F)cc2c1=O)c1ccccc1. The normalized spacial score (nSPS) is 12.1. The molecule has 1 atom stereocenters. The summed E-state index contributed by atoms with van der Waals surface area (Å²) in [7, 11) is 1.72. The van der Waals surface area contributed by atoms with Crippen LogP contribution in [-0.2, 0) is 7.05 Å². The molecular formula is C19H17FN2O2. The fourth-order valence-corrected chi connectivity index (χ4v) is 2.73. The largest absolute Gasteiger partial charge is 0.350 e. The Balaban J connectivity index is 1.98. The molecule has 0 aliphatic heterocycles. The van der Waals surface area contributed by atoms with Crippen LogP contribution in [0.4, 0.5) is 4.39 Å². The lowest BCUT2D eigenvalue weighted by molar-refractivity contribution is 0.0938. The van der Waals surface area contributed by atoms with E-state index in [0.717, 1.165) is 11.6 Å². The maximum Gasteiger partial charge on any atom is 0.257 e. The summed E-state index contributed by atoms with van der Waals surface area (Å²) in [6.07, 6.45) is 1.48.